The average Bonchev–Trinajstić information content (AvgIpc) is 3.04. The van der Waals surface area contributed by atoms with Gasteiger partial charge in [-0.2, -0.15) is 0 Å². The van der Waals surface area contributed by atoms with Crippen LogP contribution in [0.2, 0.25) is 0 Å². The van der Waals surface area contributed by atoms with Gasteiger partial charge < -0.3 is 9.88 Å². The minimum atomic E-state index is 0.897. The lowest BCUT2D eigenvalue weighted by Crippen LogP contribution is -2.15. The van der Waals surface area contributed by atoms with Crippen LogP contribution >= 0.6 is 0 Å². The summed E-state index contributed by atoms with van der Waals surface area (Å²) in [6.07, 6.45) is 9.93. The molecular formula is C17H20N4. The molecule has 0 unspecified atom stereocenters. The Morgan fingerprint density at radius 2 is 2.00 bits per heavy atom. The minimum Gasteiger partial charge on any atom is -0.337 e. The number of unbranched alkanes of at least 4 members (excludes halogenated alkanes) is 1. The summed E-state index contributed by atoms with van der Waals surface area (Å²) in [5, 5.41) is 4.76. The number of nitrogens with one attached hydrogen (secondary N) is 1. The number of hydrogen-bond donors (Lipinski definition) is 1. The molecule has 3 aromatic rings. The maximum Gasteiger partial charge on any atom is 0.0945 e. The van der Waals surface area contributed by atoms with Crippen molar-refractivity contribution in [3.05, 3.63) is 60.8 Å². The van der Waals surface area contributed by atoms with E-state index in [0.29, 0.717) is 0 Å². The smallest absolute Gasteiger partial charge is 0.0945 e. The molecule has 0 amide bonds. The number of aryl methyl sites for hydroxylation is 1. The molecule has 1 aromatic carbocycles. The van der Waals surface area contributed by atoms with Gasteiger partial charge in [-0.25, -0.2) is 4.98 Å². The summed E-state index contributed by atoms with van der Waals surface area (Å²) < 4.78 is 2.12. The van der Waals surface area contributed by atoms with E-state index in [4.69, 9.17) is 0 Å². The first-order valence-electron chi connectivity index (χ1n) is 7.42. The van der Waals surface area contributed by atoms with Crippen molar-refractivity contribution in [3.8, 4) is 0 Å². The van der Waals surface area contributed by atoms with Crippen LogP contribution in [0.15, 0.2) is 55.2 Å². The minimum absolute atomic E-state index is 0.897. The molecule has 2 heterocycles. The lowest BCUT2D eigenvalue weighted by atomic mass is 10.1. The maximum absolute atomic E-state index is 4.39. The van der Waals surface area contributed by atoms with Crippen LogP contribution in [0.1, 0.15) is 18.4 Å². The van der Waals surface area contributed by atoms with E-state index in [1.54, 1.807) is 0 Å². The standard InChI is InChI=1S/C17H20N4/c1-2-6-17-16(5-1)15(7-9-20-17)13-18-8-3-4-11-21-12-10-19-14-21/h1-2,5-7,9-10,12,14,18H,3-4,8,11,13H2. The molecule has 0 aliphatic heterocycles. The molecule has 4 heteroatoms. The van der Waals surface area contributed by atoms with E-state index in [1.807, 2.05) is 31.0 Å². The summed E-state index contributed by atoms with van der Waals surface area (Å²) in [4.78, 5) is 8.44. The quantitative estimate of drug-likeness (QED) is 0.677. The fourth-order valence-corrected chi connectivity index (χ4v) is 2.50. The zero-order valence-corrected chi connectivity index (χ0v) is 12.1. The topological polar surface area (TPSA) is 42.7 Å². The normalized spacial score (nSPS) is 11.0. The second kappa shape index (κ2) is 6.99. The number of pyridine rings is 1. The fraction of sp³-hybridized carbons (Fsp3) is 0.294. The number of imidazole rings is 1. The van der Waals surface area contributed by atoms with E-state index in [9.17, 15) is 0 Å². The van der Waals surface area contributed by atoms with Gasteiger partial charge >= 0.3 is 0 Å². The van der Waals surface area contributed by atoms with Crippen molar-refractivity contribution < 1.29 is 0 Å². The SMILES string of the molecule is c1ccc2c(CNCCCCn3ccnc3)ccnc2c1. The lowest BCUT2D eigenvalue weighted by Gasteiger charge is -2.08. The first kappa shape index (κ1) is 13.8. The molecule has 0 spiro atoms. The van der Waals surface area contributed by atoms with E-state index in [1.165, 1.54) is 23.8 Å². The molecule has 0 aliphatic carbocycles. The molecule has 2 aromatic heterocycles. The van der Waals surface area contributed by atoms with Gasteiger partial charge in [0.1, 0.15) is 0 Å². The van der Waals surface area contributed by atoms with Crippen molar-refractivity contribution in [2.45, 2.75) is 25.9 Å². The third kappa shape index (κ3) is 3.67. The van der Waals surface area contributed by atoms with E-state index in [0.717, 1.165) is 25.2 Å². The Kier molecular flexibility index (Phi) is 4.59. The van der Waals surface area contributed by atoms with E-state index < -0.39 is 0 Å². The van der Waals surface area contributed by atoms with Crippen molar-refractivity contribution in [2.75, 3.05) is 6.54 Å². The van der Waals surface area contributed by atoms with Gasteiger partial charge in [0, 0.05) is 37.1 Å². The molecule has 0 bridgehead atoms. The monoisotopic (exact) mass is 280 g/mol. The third-order valence-electron chi connectivity index (χ3n) is 3.63. The van der Waals surface area contributed by atoms with Crippen molar-refractivity contribution in [2.24, 2.45) is 0 Å². The van der Waals surface area contributed by atoms with E-state index >= 15 is 0 Å². The molecule has 21 heavy (non-hydrogen) atoms. The highest BCUT2D eigenvalue weighted by atomic mass is 15.0. The Hall–Kier alpha value is -2.20. The van der Waals surface area contributed by atoms with Gasteiger partial charge in [-0.15, -0.1) is 0 Å². The Morgan fingerprint density at radius 1 is 1.05 bits per heavy atom. The number of aromatic nitrogens is 3. The van der Waals surface area contributed by atoms with Crippen molar-refractivity contribution in [3.63, 3.8) is 0 Å². The van der Waals surface area contributed by atoms with Crippen LogP contribution in [-0.2, 0) is 13.1 Å². The summed E-state index contributed by atoms with van der Waals surface area (Å²) in [5.74, 6) is 0. The van der Waals surface area contributed by atoms with Crippen LogP contribution in [0.5, 0.6) is 0 Å². The molecule has 0 atom stereocenters. The summed E-state index contributed by atoms with van der Waals surface area (Å²) in [5.41, 5.74) is 2.38. The van der Waals surface area contributed by atoms with Crippen LogP contribution in [0.3, 0.4) is 0 Å². The number of fused-ring (bicyclic) bond motifs is 1. The molecule has 1 N–H and O–H groups in total. The second-order valence-corrected chi connectivity index (χ2v) is 5.17. The Morgan fingerprint density at radius 3 is 2.90 bits per heavy atom. The molecule has 0 saturated heterocycles. The lowest BCUT2D eigenvalue weighted by molar-refractivity contribution is 0.569. The number of benzene rings is 1. The zero-order chi connectivity index (χ0) is 14.3. The summed E-state index contributed by atoms with van der Waals surface area (Å²) >= 11 is 0. The van der Waals surface area contributed by atoms with Crippen LogP contribution in [-0.4, -0.2) is 21.1 Å². The van der Waals surface area contributed by atoms with E-state index in [-0.39, 0.29) is 0 Å². The third-order valence-corrected chi connectivity index (χ3v) is 3.63. The first-order chi connectivity index (χ1) is 10.4. The summed E-state index contributed by atoms with van der Waals surface area (Å²) in [6.45, 7) is 2.97. The highest BCUT2D eigenvalue weighted by Gasteiger charge is 2.00. The van der Waals surface area contributed by atoms with Gasteiger partial charge in [0.15, 0.2) is 0 Å². The number of hydrogen-bond acceptors (Lipinski definition) is 3. The maximum atomic E-state index is 4.39. The fourth-order valence-electron chi connectivity index (χ4n) is 2.50. The average molecular weight is 280 g/mol. The van der Waals surface area contributed by atoms with Crippen LogP contribution in [0, 0.1) is 0 Å². The van der Waals surface area contributed by atoms with Crippen LogP contribution in [0.4, 0.5) is 0 Å². The predicted octanol–water partition coefficient (Wildman–Crippen LogP) is 3.00. The second-order valence-electron chi connectivity index (χ2n) is 5.17. The first-order valence-corrected chi connectivity index (χ1v) is 7.42. The van der Waals surface area contributed by atoms with Gasteiger partial charge in [0.05, 0.1) is 11.8 Å². The molecule has 0 saturated carbocycles. The van der Waals surface area contributed by atoms with Gasteiger partial charge in [-0.3, -0.25) is 4.98 Å². The highest BCUT2D eigenvalue weighted by Crippen LogP contribution is 2.15. The molecule has 108 valence electrons. The van der Waals surface area contributed by atoms with Gasteiger partial charge in [0.25, 0.3) is 0 Å². The van der Waals surface area contributed by atoms with Crippen LogP contribution < -0.4 is 5.32 Å². The largest absolute Gasteiger partial charge is 0.337 e. The zero-order valence-electron chi connectivity index (χ0n) is 12.1. The Labute approximate surface area is 124 Å². The Balaban J connectivity index is 1.44. The summed E-state index contributed by atoms with van der Waals surface area (Å²) in [7, 11) is 0. The van der Waals surface area contributed by atoms with Gasteiger partial charge in [-0.05, 0) is 37.1 Å². The molecule has 0 radical (unpaired) electrons. The van der Waals surface area contributed by atoms with Crippen LogP contribution in [0.25, 0.3) is 10.9 Å². The number of rotatable bonds is 7. The highest BCUT2D eigenvalue weighted by molar-refractivity contribution is 5.81. The number of para-hydroxylation sites is 1. The van der Waals surface area contributed by atoms with Crippen molar-refractivity contribution in [1.29, 1.82) is 0 Å². The van der Waals surface area contributed by atoms with Gasteiger partial charge in [-0.1, -0.05) is 18.2 Å². The van der Waals surface area contributed by atoms with Crippen molar-refractivity contribution >= 4 is 10.9 Å². The number of nitrogens with zero attached hydrogens (tertiary/aromatic N) is 3. The Bertz CT molecular complexity index is 671. The molecule has 0 aliphatic rings. The molecular weight excluding hydrogens is 260 g/mol. The summed E-state index contributed by atoms with van der Waals surface area (Å²) in [6, 6.07) is 10.4. The molecule has 0 fully saturated rings. The molecule has 3 rings (SSSR count). The molecule has 4 nitrogen and oxygen atoms in total. The predicted molar refractivity (Wildman–Crippen MR) is 84.9 cm³/mol. The van der Waals surface area contributed by atoms with E-state index in [2.05, 4.69) is 44.1 Å². The van der Waals surface area contributed by atoms with Gasteiger partial charge in [0.2, 0.25) is 0 Å². The van der Waals surface area contributed by atoms with Crippen molar-refractivity contribution in [1.82, 2.24) is 19.9 Å².